The maximum atomic E-state index is 5.92. The summed E-state index contributed by atoms with van der Waals surface area (Å²) in [4.78, 5) is 3.10. The Labute approximate surface area is 82.9 Å². The Bertz CT molecular complexity index is 358. The lowest BCUT2D eigenvalue weighted by molar-refractivity contribution is 1.48. The fourth-order valence-electron chi connectivity index (χ4n) is 1.05. The monoisotopic (exact) mass is 277 g/mol. The second kappa shape index (κ2) is 2.68. The molecule has 0 fully saturated rings. The highest BCUT2D eigenvalue weighted by molar-refractivity contribution is 14.1. The smallest absolute Gasteiger partial charge is 0.0560 e. The van der Waals surface area contributed by atoms with Crippen molar-refractivity contribution in [3.05, 3.63) is 33.0 Å². The fourth-order valence-corrected chi connectivity index (χ4v) is 1.70. The lowest BCUT2D eigenvalue weighted by atomic mass is 10.2. The SMILES string of the molecule is Clc1cc2[nH]ccc2cc1I. The molecule has 56 valence electrons. The third-order valence-corrected chi connectivity index (χ3v) is 3.12. The van der Waals surface area contributed by atoms with Gasteiger partial charge in [-0.15, -0.1) is 0 Å². The molecule has 1 nitrogen and oxygen atoms in total. The van der Waals surface area contributed by atoms with E-state index in [2.05, 4.69) is 33.6 Å². The molecule has 2 aromatic rings. The van der Waals surface area contributed by atoms with Gasteiger partial charge in [-0.05, 0) is 40.8 Å². The molecule has 0 aliphatic carbocycles. The average Bonchev–Trinajstić information content (AvgIpc) is 2.36. The van der Waals surface area contributed by atoms with Gasteiger partial charge < -0.3 is 4.98 Å². The Morgan fingerprint density at radius 2 is 2.18 bits per heavy atom. The minimum atomic E-state index is 0.806. The van der Waals surface area contributed by atoms with Crippen molar-refractivity contribution >= 4 is 45.1 Å². The van der Waals surface area contributed by atoms with E-state index in [1.54, 1.807) is 0 Å². The first-order chi connectivity index (χ1) is 5.27. The predicted octanol–water partition coefficient (Wildman–Crippen LogP) is 3.43. The molecule has 0 radical (unpaired) electrons. The van der Waals surface area contributed by atoms with E-state index in [9.17, 15) is 0 Å². The summed E-state index contributed by atoms with van der Waals surface area (Å²) in [5, 5.41) is 2.01. The minimum absolute atomic E-state index is 0.806. The number of H-pyrrole nitrogens is 1. The first-order valence-corrected chi connectivity index (χ1v) is 4.65. The van der Waals surface area contributed by atoms with Crippen molar-refractivity contribution in [3.8, 4) is 0 Å². The van der Waals surface area contributed by atoms with E-state index >= 15 is 0 Å². The first kappa shape index (κ1) is 7.43. The van der Waals surface area contributed by atoms with Crippen LogP contribution in [0.3, 0.4) is 0 Å². The number of aromatic amines is 1. The van der Waals surface area contributed by atoms with Crippen molar-refractivity contribution in [1.29, 1.82) is 0 Å². The number of hydrogen-bond acceptors (Lipinski definition) is 0. The van der Waals surface area contributed by atoms with E-state index in [1.165, 1.54) is 5.39 Å². The number of halogens is 2. The summed E-state index contributed by atoms with van der Waals surface area (Å²) in [5.41, 5.74) is 1.09. The average molecular weight is 277 g/mol. The molecule has 0 spiro atoms. The van der Waals surface area contributed by atoms with Gasteiger partial charge in [-0.1, -0.05) is 11.6 Å². The van der Waals surface area contributed by atoms with Crippen LogP contribution in [-0.4, -0.2) is 4.98 Å². The van der Waals surface area contributed by atoms with E-state index in [4.69, 9.17) is 11.6 Å². The summed E-state index contributed by atoms with van der Waals surface area (Å²) in [6.45, 7) is 0. The van der Waals surface area contributed by atoms with Crippen molar-refractivity contribution in [2.75, 3.05) is 0 Å². The van der Waals surface area contributed by atoms with Crippen molar-refractivity contribution < 1.29 is 0 Å². The summed E-state index contributed by atoms with van der Waals surface area (Å²) in [6, 6.07) is 6.04. The lowest BCUT2D eigenvalue weighted by Gasteiger charge is -1.94. The zero-order chi connectivity index (χ0) is 7.84. The topological polar surface area (TPSA) is 15.8 Å². The quantitative estimate of drug-likeness (QED) is 0.710. The molecule has 1 heterocycles. The molecule has 0 atom stereocenters. The van der Waals surface area contributed by atoms with Gasteiger partial charge in [0.05, 0.1) is 5.02 Å². The van der Waals surface area contributed by atoms with Crippen LogP contribution in [0.5, 0.6) is 0 Å². The molecule has 3 heteroatoms. The summed E-state index contributed by atoms with van der Waals surface area (Å²) < 4.78 is 1.09. The van der Waals surface area contributed by atoms with Gasteiger partial charge in [-0.2, -0.15) is 0 Å². The van der Waals surface area contributed by atoms with Crippen LogP contribution in [-0.2, 0) is 0 Å². The number of aromatic nitrogens is 1. The van der Waals surface area contributed by atoms with Gasteiger partial charge in [0.15, 0.2) is 0 Å². The van der Waals surface area contributed by atoms with Crippen LogP contribution in [0.2, 0.25) is 5.02 Å². The van der Waals surface area contributed by atoms with Crippen LogP contribution in [0.4, 0.5) is 0 Å². The molecule has 0 aliphatic rings. The zero-order valence-corrected chi connectivity index (χ0v) is 8.48. The van der Waals surface area contributed by atoms with Gasteiger partial charge in [0.25, 0.3) is 0 Å². The van der Waals surface area contributed by atoms with E-state index in [0.717, 1.165) is 14.1 Å². The van der Waals surface area contributed by atoms with Gasteiger partial charge in [-0.25, -0.2) is 0 Å². The molecule has 0 saturated carbocycles. The molecule has 1 aromatic carbocycles. The van der Waals surface area contributed by atoms with Crippen LogP contribution in [0, 0.1) is 3.57 Å². The largest absolute Gasteiger partial charge is 0.361 e. The van der Waals surface area contributed by atoms with E-state index in [1.807, 2.05) is 18.3 Å². The Morgan fingerprint density at radius 1 is 1.36 bits per heavy atom. The van der Waals surface area contributed by atoms with Crippen molar-refractivity contribution in [2.24, 2.45) is 0 Å². The molecule has 0 amide bonds. The number of benzene rings is 1. The fraction of sp³-hybridized carbons (Fsp3) is 0. The van der Waals surface area contributed by atoms with Crippen LogP contribution >= 0.6 is 34.2 Å². The van der Waals surface area contributed by atoms with Crippen LogP contribution in [0.25, 0.3) is 10.9 Å². The Hall–Kier alpha value is -0.220. The number of fused-ring (bicyclic) bond motifs is 1. The maximum absolute atomic E-state index is 5.92. The van der Waals surface area contributed by atoms with Crippen LogP contribution < -0.4 is 0 Å². The number of hydrogen-bond donors (Lipinski definition) is 1. The number of rotatable bonds is 0. The highest BCUT2D eigenvalue weighted by Gasteiger charge is 1.99. The van der Waals surface area contributed by atoms with Crippen molar-refractivity contribution in [2.45, 2.75) is 0 Å². The molecular formula is C8H5ClIN. The van der Waals surface area contributed by atoms with Crippen molar-refractivity contribution in [1.82, 2.24) is 4.98 Å². The van der Waals surface area contributed by atoms with Gasteiger partial charge in [0, 0.05) is 20.7 Å². The maximum Gasteiger partial charge on any atom is 0.0560 e. The minimum Gasteiger partial charge on any atom is -0.361 e. The van der Waals surface area contributed by atoms with E-state index in [-0.39, 0.29) is 0 Å². The van der Waals surface area contributed by atoms with Gasteiger partial charge in [-0.3, -0.25) is 0 Å². The molecule has 2 rings (SSSR count). The highest BCUT2D eigenvalue weighted by atomic mass is 127. The summed E-state index contributed by atoms with van der Waals surface area (Å²) in [7, 11) is 0. The van der Waals surface area contributed by atoms with E-state index < -0.39 is 0 Å². The van der Waals surface area contributed by atoms with Crippen molar-refractivity contribution in [3.63, 3.8) is 0 Å². The third-order valence-electron chi connectivity index (χ3n) is 1.59. The summed E-state index contributed by atoms with van der Waals surface area (Å²) in [6.07, 6.45) is 1.91. The first-order valence-electron chi connectivity index (χ1n) is 3.19. The second-order valence-corrected chi connectivity index (χ2v) is 3.90. The van der Waals surface area contributed by atoms with Crippen LogP contribution in [0.1, 0.15) is 0 Å². The van der Waals surface area contributed by atoms with Gasteiger partial charge in [0.2, 0.25) is 0 Å². The van der Waals surface area contributed by atoms with E-state index in [0.29, 0.717) is 0 Å². The highest BCUT2D eigenvalue weighted by Crippen LogP contribution is 2.24. The van der Waals surface area contributed by atoms with Gasteiger partial charge >= 0.3 is 0 Å². The summed E-state index contributed by atoms with van der Waals surface area (Å²) >= 11 is 8.14. The Morgan fingerprint density at radius 3 is 3.00 bits per heavy atom. The number of nitrogens with one attached hydrogen (secondary N) is 1. The molecule has 0 unspecified atom stereocenters. The van der Waals surface area contributed by atoms with Crippen LogP contribution in [0.15, 0.2) is 24.4 Å². The summed E-state index contributed by atoms with van der Waals surface area (Å²) in [5.74, 6) is 0. The Kier molecular flexibility index (Phi) is 1.81. The zero-order valence-electron chi connectivity index (χ0n) is 5.57. The standard InChI is InChI=1S/C8H5ClIN/c9-6-4-8-5(1-2-11-8)3-7(6)10/h1-4,11H. The predicted molar refractivity (Wildman–Crippen MR) is 56.0 cm³/mol. The third kappa shape index (κ3) is 1.25. The molecule has 11 heavy (non-hydrogen) atoms. The molecule has 1 aromatic heterocycles. The Balaban J connectivity index is 2.86. The second-order valence-electron chi connectivity index (χ2n) is 2.33. The molecular weight excluding hydrogens is 272 g/mol. The molecule has 0 aliphatic heterocycles. The normalized spacial score (nSPS) is 10.7. The molecule has 1 N–H and O–H groups in total. The molecule has 0 bridgehead atoms. The molecule has 0 saturated heterocycles. The lowest BCUT2D eigenvalue weighted by Crippen LogP contribution is -1.73. The van der Waals surface area contributed by atoms with Gasteiger partial charge in [0.1, 0.15) is 0 Å².